The summed E-state index contributed by atoms with van der Waals surface area (Å²) in [5, 5.41) is 70.6. The first kappa shape index (κ1) is 23.9. The molecule has 18 heteroatoms. The van der Waals surface area contributed by atoms with Crippen molar-refractivity contribution in [1.29, 1.82) is 0 Å². The van der Waals surface area contributed by atoms with Gasteiger partial charge in [0.25, 0.3) is 0 Å². The quantitative estimate of drug-likeness (QED) is 0.282. The van der Waals surface area contributed by atoms with Gasteiger partial charge >= 0.3 is 17.0 Å². The normalized spacial score (nSPS) is 18.9. The van der Waals surface area contributed by atoms with Crippen LogP contribution in [0.4, 0.5) is 0 Å². The van der Waals surface area contributed by atoms with E-state index in [-0.39, 0.29) is 6.42 Å². The predicted octanol–water partition coefficient (Wildman–Crippen LogP) is 0.778. The Morgan fingerprint density at radius 2 is 1.03 bits per heavy atom. The molecule has 0 bridgehead atoms. The standard InChI is InChI=1S/C14H14N6O12/c21-15(22)12(16(23)24)8-13(17(25)26,18(27)28)11(7-6-10-4-2-1-3-5-10)14(9-12,19(29)30)20(31)32/h1-5,11H,6-9H2. The maximum atomic E-state index is 11.9. The van der Waals surface area contributed by atoms with Crippen molar-refractivity contribution in [2.24, 2.45) is 5.92 Å². The number of hydrogen-bond acceptors (Lipinski definition) is 12. The fourth-order valence-corrected chi connectivity index (χ4v) is 4.16. The van der Waals surface area contributed by atoms with E-state index in [0.29, 0.717) is 5.56 Å². The number of hydrogen-bond donors (Lipinski definition) is 0. The molecule has 0 aromatic heterocycles. The van der Waals surface area contributed by atoms with Crippen molar-refractivity contribution < 1.29 is 29.5 Å². The molecule has 32 heavy (non-hydrogen) atoms. The zero-order valence-corrected chi connectivity index (χ0v) is 15.9. The number of rotatable bonds is 9. The molecule has 0 aliphatic heterocycles. The van der Waals surface area contributed by atoms with Crippen LogP contribution in [0, 0.1) is 66.6 Å². The summed E-state index contributed by atoms with van der Waals surface area (Å²) >= 11 is 0. The first-order valence-electron chi connectivity index (χ1n) is 8.70. The van der Waals surface area contributed by atoms with E-state index in [0.717, 1.165) is 0 Å². The molecule has 0 heterocycles. The molecular weight excluding hydrogens is 444 g/mol. The first-order valence-corrected chi connectivity index (χ1v) is 8.70. The molecule has 0 atom stereocenters. The minimum atomic E-state index is -3.95. The molecular formula is C14H14N6O12. The second-order valence-corrected chi connectivity index (χ2v) is 7.21. The molecule has 1 aromatic carbocycles. The molecule has 2 rings (SSSR count). The third-order valence-corrected chi connectivity index (χ3v) is 5.71. The fourth-order valence-electron chi connectivity index (χ4n) is 4.16. The molecule has 18 nitrogen and oxygen atoms in total. The lowest BCUT2D eigenvalue weighted by Crippen LogP contribution is -2.76. The van der Waals surface area contributed by atoms with Gasteiger partial charge < -0.3 is 0 Å². The molecule has 0 radical (unpaired) electrons. The van der Waals surface area contributed by atoms with Gasteiger partial charge in [-0.2, -0.15) is 0 Å². The van der Waals surface area contributed by atoms with Crippen LogP contribution >= 0.6 is 0 Å². The van der Waals surface area contributed by atoms with Gasteiger partial charge in [-0.25, -0.2) is 0 Å². The lowest BCUT2D eigenvalue weighted by molar-refractivity contribution is -0.913. The van der Waals surface area contributed by atoms with Crippen molar-refractivity contribution in [3.63, 3.8) is 0 Å². The second kappa shape index (κ2) is 8.04. The summed E-state index contributed by atoms with van der Waals surface area (Å²) in [4.78, 5) is 60.0. The number of aryl methyl sites for hydroxylation is 1. The van der Waals surface area contributed by atoms with E-state index in [2.05, 4.69) is 0 Å². The summed E-state index contributed by atoms with van der Waals surface area (Å²) in [6.07, 6.45) is -5.26. The average Bonchev–Trinajstić information content (AvgIpc) is 2.71. The van der Waals surface area contributed by atoms with E-state index >= 15 is 0 Å². The largest absolute Gasteiger partial charge is 0.489 e. The van der Waals surface area contributed by atoms with Gasteiger partial charge in [-0.15, -0.1) is 0 Å². The van der Waals surface area contributed by atoms with Crippen LogP contribution in [0.25, 0.3) is 0 Å². The lowest BCUT2D eigenvalue weighted by Gasteiger charge is -2.35. The van der Waals surface area contributed by atoms with Gasteiger partial charge in [-0.1, -0.05) is 30.3 Å². The van der Waals surface area contributed by atoms with Crippen LogP contribution in [0.1, 0.15) is 24.8 Å². The van der Waals surface area contributed by atoms with Crippen molar-refractivity contribution in [2.75, 3.05) is 0 Å². The van der Waals surface area contributed by atoms with E-state index in [9.17, 15) is 60.7 Å². The second-order valence-electron chi connectivity index (χ2n) is 7.21. The van der Waals surface area contributed by atoms with Gasteiger partial charge in [-0.05, 0) is 18.4 Å². The molecule has 0 saturated heterocycles. The van der Waals surface area contributed by atoms with E-state index in [1.165, 1.54) is 24.3 Å². The molecule has 0 amide bonds. The Labute approximate surface area is 175 Å². The third-order valence-electron chi connectivity index (χ3n) is 5.71. The van der Waals surface area contributed by atoms with Gasteiger partial charge in [0.05, 0.1) is 9.85 Å². The van der Waals surface area contributed by atoms with E-state index in [1.54, 1.807) is 6.07 Å². The number of nitrogens with zero attached hydrogens (tertiary/aromatic N) is 6. The van der Waals surface area contributed by atoms with Crippen LogP contribution in [0.5, 0.6) is 0 Å². The monoisotopic (exact) mass is 458 g/mol. The van der Waals surface area contributed by atoms with Gasteiger partial charge in [0.2, 0.25) is 18.8 Å². The Morgan fingerprint density at radius 1 is 0.656 bits per heavy atom. The maximum absolute atomic E-state index is 11.9. The minimum Gasteiger partial charge on any atom is -0.258 e. The van der Waals surface area contributed by atoms with Crippen molar-refractivity contribution >= 4 is 0 Å². The molecule has 1 aliphatic carbocycles. The van der Waals surface area contributed by atoms with Crippen molar-refractivity contribution in [1.82, 2.24) is 0 Å². The van der Waals surface area contributed by atoms with Crippen LogP contribution in [-0.2, 0) is 6.42 Å². The molecule has 1 aliphatic rings. The highest BCUT2D eigenvalue weighted by Crippen LogP contribution is 2.52. The summed E-state index contributed by atoms with van der Waals surface area (Å²) < 4.78 is 0. The molecule has 0 N–H and O–H groups in total. The maximum Gasteiger partial charge on any atom is 0.489 e. The Bertz CT molecular complexity index is 911. The summed E-state index contributed by atoms with van der Waals surface area (Å²) in [6.45, 7) is 0. The van der Waals surface area contributed by atoms with Gasteiger partial charge in [0.1, 0.15) is 19.7 Å². The Morgan fingerprint density at radius 3 is 1.34 bits per heavy atom. The third kappa shape index (κ3) is 3.30. The van der Waals surface area contributed by atoms with Crippen LogP contribution in [-0.4, -0.2) is 46.5 Å². The van der Waals surface area contributed by atoms with Crippen LogP contribution in [0.3, 0.4) is 0 Å². The first-order chi connectivity index (χ1) is 14.8. The molecule has 1 fully saturated rings. The van der Waals surface area contributed by atoms with Crippen molar-refractivity contribution in [3.8, 4) is 0 Å². The molecule has 172 valence electrons. The SMILES string of the molecule is O=[N+]([O-])C1([N+](=O)[O-])CC([N+](=O)[O-])([N+](=O)[O-])C(CCc2ccccc2)C([N+](=O)[O-])([N+](=O)[O-])C1. The zero-order chi connectivity index (χ0) is 24.5. The molecule has 0 spiro atoms. The van der Waals surface area contributed by atoms with Crippen LogP contribution < -0.4 is 0 Å². The lowest BCUT2D eigenvalue weighted by atomic mass is 9.65. The Kier molecular flexibility index (Phi) is 6.00. The zero-order valence-electron chi connectivity index (χ0n) is 15.9. The minimum absolute atomic E-state index is 0.345. The van der Waals surface area contributed by atoms with Crippen LogP contribution in [0.15, 0.2) is 30.3 Å². The van der Waals surface area contributed by atoms with E-state index < -0.39 is 71.7 Å². The summed E-state index contributed by atoms with van der Waals surface area (Å²) in [7, 11) is 0. The number of nitro groups is 6. The van der Waals surface area contributed by atoms with Crippen LogP contribution in [0.2, 0.25) is 0 Å². The Balaban J connectivity index is 2.87. The molecule has 1 aromatic rings. The predicted molar refractivity (Wildman–Crippen MR) is 97.6 cm³/mol. The molecule has 0 unspecified atom stereocenters. The Hall–Kier alpha value is -4.38. The van der Waals surface area contributed by atoms with E-state index in [1.807, 2.05) is 0 Å². The van der Waals surface area contributed by atoms with Crippen molar-refractivity contribution in [3.05, 3.63) is 96.6 Å². The summed E-state index contributed by atoms with van der Waals surface area (Å²) in [6, 6.07) is 7.47. The number of benzene rings is 1. The van der Waals surface area contributed by atoms with Gasteiger partial charge in [0, 0.05) is 0 Å². The van der Waals surface area contributed by atoms with Gasteiger partial charge in [-0.3, -0.25) is 60.7 Å². The highest BCUT2D eigenvalue weighted by molar-refractivity contribution is 5.15. The van der Waals surface area contributed by atoms with Crippen molar-refractivity contribution in [2.45, 2.75) is 42.7 Å². The highest BCUT2D eigenvalue weighted by Gasteiger charge is 2.93. The van der Waals surface area contributed by atoms with Gasteiger partial charge in [0.15, 0.2) is 0 Å². The average molecular weight is 458 g/mol. The smallest absolute Gasteiger partial charge is 0.258 e. The summed E-state index contributed by atoms with van der Waals surface area (Å²) in [5.41, 5.74) is -11.5. The fraction of sp³-hybridized carbons (Fsp3) is 0.571. The van der Waals surface area contributed by atoms with E-state index in [4.69, 9.17) is 0 Å². The topological polar surface area (TPSA) is 259 Å². The molecule has 1 saturated carbocycles. The summed E-state index contributed by atoms with van der Waals surface area (Å²) in [5.74, 6) is -2.65. The highest BCUT2D eigenvalue weighted by atomic mass is 16.7.